The second-order valence-corrected chi connectivity index (χ2v) is 4.44. The van der Waals surface area contributed by atoms with Gasteiger partial charge in [-0.25, -0.2) is 4.39 Å². The van der Waals surface area contributed by atoms with Gasteiger partial charge in [0.1, 0.15) is 5.82 Å². The quantitative estimate of drug-likeness (QED) is 0.841. The van der Waals surface area contributed by atoms with Crippen LogP contribution in [0.3, 0.4) is 0 Å². The molecule has 1 aliphatic rings. The summed E-state index contributed by atoms with van der Waals surface area (Å²) in [5.41, 5.74) is 1.13. The summed E-state index contributed by atoms with van der Waals surface area (Å²) in [6.07, 6.45) is 0. The van der Waals surface area contributed by atoms with E-state index in [1.807, 2.05) is 6.07 Å². The lowest BCUT2D eigenvalue weighted by Crippen LogP contribution is -2.49. The summed E-state index contributed by atoms with van der Waals surface area (Å²) in [5, 5.41) is 12.1. The van der Waals surface area contributed by atoms with Gasteiger partial charge >= 0.3 is 0 Å². The monoisotopic (exact) mass is 233 g/mol. The third-order valence-electron chi connectivity index (χ3n) is 3.19. The van der Waals surface area contributed by atoms with Crippen molar-refractivity contribution in [1.29, 1.82) is 5.26 Å². The van der Waals surface area contributed by atoms with E-state index >= 15 is 0 Å². The summed E-state index contributed by atoms with van der Waals surface area (Å²) in [5.74, 6) is -0.227. The molecule has 0 aromatic heterocycles. The van der Waals surface area contributed by atoms with Gasteiger partial charge in [0.05, 0.1) is 11.6 Å². The van der Waals surface area contributed by atoms with Gasteiger partial charge in [-0.1, -0.05) is 0 Å². The number of benzene rings is 1. The normalized spacial score (nSPS) is 21.1. The van der Waals surface area contributed by atoms with Crippen LogP contribution in [0.15, 0.2) is 18.2 Å². The molecule has 1 aliphatic heterocycles. The zero-order valence-electron chi connectivity index (χ0n) is 9.91. The highest BCUT2D eigenvalue weighted by atomic mass is 19.1. The van der Waals surface area contributed by atoms with Crippen molar-refractivity contribution >= 4 is 0 Å². The smallest absolute Gasteiger partial charge is 0.127 e. The van der Waals surface area contributed by atoms with Crippen LogP contribution in [0.25, 0.3) is 0 Å². The van der Waals surface area contributed by atoms with E-state index in [1.54, 1.807) is 6.07 Å². The fourth-order valence-corrected chi connectivity index (χ4v) is 2.10. The van der Waals surface area contributed by atoms with Crippen molar-refractivity contribution in [3.8, 4) is 6.07 Å². The van der Waals surface area contributed by atoms with Crippen LogP contribution in [0.5, 0.6) is 0 Å². The average Bonchev–Trinajstić information content (AvgIpc) is 2.35. The number of halogens is 1. The Labute approximate surface area is 101 Å². The van der Waals surface area contributed by atoms with E-state index in [0.717, 1.165) is 19.6 Å². The standard InChI is InChI=1S/C13H16FN3/c1-10-8-16-4-5-17(10)9-12-6-11(7-15)2-3-13(12)14/h2-3,6,10,16H,4-5,8-9H2,1H3/t10-/m1/s1. The molecule has 2 rings (SSSR count). The van der Waals surface area contributed by atoms with Gasteiger partial charge in [-0.3, -0.25) is 4.90 Å². The number of hydrogen-bond acceptors (Lipinski definition) is 3. The lowest BCUT2D eigenvalue weighted by atomic mass is 10.1. The molecular weight excluding hydrogens is 217 g/mol. The number of hydrogen-bond donors (Lipinski definition) is 1. The maximum Gasteiger partial charge on any atom is 0.127 e. The average molecular weight is 233 g/mol. The Kier molecular flexibility index (Phi) is 3.72. The molecule has 4 heteroatoms. The summed E-state index contributed by atoms with van der Waals surface area (Å²) in [6.45, 7) is 5.48. The second-order valence-electron chi connectivity index (χ2n) is 4.44. The van der Waals surface area contributed by atoms with Crippen molar-refractivity contribution in [3.05, 3.63) is 35.1 Å². The van der Waals surface area contributed by atoms with Crippen molar-refractivity contribution in [2.24, 2.45) is 0 Å². The highest BCUT2D eigenvalue weighted by molar-refractivity contribution is 5.33. The Morgan fingerprint density at radius 3 is 3.12 bits per heavy atom. The Morgan fingerprint density at radius 1 is 1.59 bits per heavy atom. The molecule has 0 aliphatic carbocycles. The van der Waals surface area contributed by atoms with Crippen LogP contribution in [0.1, 0.15) is 18.1 Å². The van der Waals surface area contributed by atoms with Gasteiger partial charge in [-0.15, -0.1) is 0 Å². The molecular formula is C13H16FN3. The third-order valence-corrected chi connectivity index (χ3v) is 3.19. The molecule has 0 spiro atoms. The van der Waals surface area contributed by atoms with Crippen molar-refractivity contribution in [2.75, 3.05) is 19.6 Å². The topological polar surface area (TPSA) is 39.1 Å². The highest BCUT2D eigenvalue weighted by Gasteiger charge is 2.19. The summed E-state index contributed by atoms with van der Waals surface area (Å²) < 4.78 is 13.6. The zero-order chi connectivity index (χ0) is 12.3. The van der Waals surface area contributed by atoms with Crippen molar-refractivity contribution in [1.82, 2.24) is 10.2 Å². The molecule has 1 fully saturated rings. The van der Waals surface area contributed by atoms with E-state index in [9.17, 15) is 4.39 Å². The Hall–Kier alpha value is -1.44. The Morgan fingerprint density at radius 2 is 2.41 bits per heavy atom. The molecule has 1 atom stereocenters. The van der Waals surface area contributed by atoms with E-state index in [4.69, 9.17) is 5.26 Å². The van der Waals surface area contributed by atoms with E-state index < -0.39 is 0 Å². The van der Waals surface area contributed by atoms with Crippen LogP contribution in [0.4, 0.5) is 4.39 Å². The summed E-state index contributed by atoms with van der Waals surface area (Å²) >= 11 is 0. The zero-order valence-corrected chi connectivity index (χ0v) is 9.91. The van der Waals surface area contributed by atoms with Gasteiger partial charge in [-0.05, 0) is 25.1 Å². The van der Waals surface area contributed by atoms with Crippen molar-refractivity contribution in [3.63, 3.8) is 0 Å². The van der Waals surface area contributed by atoms with Crippen LogP contribution >= 0.6 is 0 Å². The van der Waals surface area contributed by atoms with Gasteiger partial charge in [-0.2, -0.15) is 5.26 Å². The molecule has 1 aromatic carbocycles. The molecule has 1 saturated heterocycles. The van der Waals surface area contributed by atoms with Crippen LogP contribution in [0, 0.1) is 17.1 Å². The maximum atomic E-state index is 13.6. The SMILES string of the molecule is C[C@@H]1CNCCN1Cc1cc(C#N)ccc1F. The van der Waals surface area contributed by atoms with Gasteiger partial charge < -0.3 is 5.32 Å². The molecule has 90 valence electrons. The Balaban J connectivity index is 2.14. The molecule has 0 bridgehead atoms. The number of rotatable bonds is 2. The van der Waals surface area contributed by atoms with Crippen LogP contribution in [-0.4, -0.2) is 30.6 Å². The molecule has 0 amide bonds. The molecule has 1 heterocycles. The van der Waals surface area contributed by atoms with Crippen molar-refractivity contribution in [2.45, 2.75) is 19.5 Å². The third kappa shape index (κ3) is 2.82. The first-order chi connectivity index (χ1) is 8.20. The van der Waals surface area contributed by atoms with E-state index in [2.05, 4.69) is 17.1 Å². The summed E-state index contributed by atoms with van der Waals surface area (Å²) in [6, 6.07) is 6.98. The number of nitrogens with zero attached hydrogens (tertiary/aromatic N) is 2. The predicted molar refractivity (Wildman–Crippen MR) is 63.9 cm³/mol. The molecule has 0 unspecified atom stereocenters. The molecule has 1 aromatic rings. The van der Waals surface area contributed by atoms with Crippen LogP contribution in [-0.2, 0) is 6.54 Å². The second kappa shape index (κ2) is 5.26. The first-order valence-electron chi connectivity index (χ1n) is 5.84. The number of nitrogens with one attached hydrogen (secondary N) is 1. The Bertz CT molecular complexity index is 439. The van der Waals surface area contributed by atoms with Gasteiger partial charge in [0, 0.05) is 37.8 Å². The predicted octanol–water partition coefficient (Wildman–Crippen LogP) is 1.49. The fraction of sp³-hybridized carbons (Fsp3) is 0.462. The number of nitriles is 1. The maximum absolute atomic E-state index is 13.6. The van der Waals surface area contributed by atoms with E-state index in [0.29, 0.717) is 23.7 Å². The van der Waals surface area contributed by atoms with E-state index in [1.165, 1.54) is 12.1 Å². The van der Waals surface area contributed by atoms with Crippen LogP contribution in [0.2, 0.25) is 0 Å². The molecule has 0 radical (unpaired) electrons. The summed E-state index contributed by atoms with van der Waals surface area (Å²) in [4.78, 5) is 2.23. The number of piperazine rings is 1. The van der Waals surface area contributed by atoms with Crippen molar-refractivity contribution < 1.29 is 4.39 Å². The van der Waals surface area contributed by atoms with Crippen LogP contribution < -0.4 is 5.32 Å². The first kappa shape index (κ1) is 12.0. The lowest BCUT2D eigenvalue weighted by molar-refractivity contribution is 0.164. The van der Waals surface area contributed by atoms with Gasteiger partial charge in [0.2, 0.25) is 0 Å². The minimum atomic E-state index is -0.227. The van der Waals surface area contributed by atoms with Gasteiger partial charge in [0.15, 0.2) is 0 Å². The van der Waals surface area contributed by atoms with Gasteiger partial charge in [0.25, 0.3) is 0 Å². The molecule has 1 N–H and O–H groups in total. The highest BCUT2D eigenvalue weighted by Crippen LogP contribution is 2.15. The molecule has 3 nitrogen and oxygen atoms in total. The lowest BCUT2D eigenvalue weighted by Gasteiger charge is -2.33. The largest absolute Gasteiger partial charge is 0.314 e. The fourth-order valence-electron chi connectivity index (χ4n) is 2.10. The minimum absolute atomic E-state index is 0.227. The minimum Gasteiger partial charge on any atom is -0.314 e. The van der Waals surface area contributed by atoms with E-state index in [-0.39, 0.29) is 5.82 Å². The molecule has 0 saturated carbocycles. The first-order valence-corrected chi connectivity index (χ1v) is 5.84. The summed E-state index contributed by atoms with van der Waals surface area (Å²) in [7, 11) is 0. The molecule has 17 heavy (non-hydrogen) atoms.